The molecule has 2 rings (SSSR count). The molecule has 0 spiro atoms. The van der Waals surface area contributed by atoms with Crippen LogP contribution in [0.25, 0.3) is 0 Å². The number of nitrogens with zero attached hydrogens (tertiary/aromatic N) is 1. The molecule has 4 nitrogen and oxygen atoms in total. The van der Waals surface area contributed by atoms with E-state index >= 15 is 0 Å². The summed E-state index contributed by atoms with van der Waals surface area (Å²) in [6, 6.07) is 6.53. The topological polar surface area (TPSA) is 58.4 Å². The molecule has 1 aliphatic rings. The number of carbonyl (C=O) groups excluding carboxylic acids is 1. The van der Waals surface area contributed by atoms with Gasteiger partial charge < -0.3 is 16.0 Å². The molecule has 0 unspecified atom stereocenters. The number of rotatable bonds is 3. The predicted octanol–water partition coefficient (Wildman–Crippen LogP) is 2.01. The molecule has 3 N–H and O–H groups in total. The summed E-state index contributed by atoms with van der Waals surface area (Å²) < 4.78 is 1.07. The van der Waals surface area contributed by atoms with Crippen LogP contribution in [0.15, 0.2) is 22.7 Å². The van der Waals surface area contributed by atoms with Gasteiger partial charge in [0.05, 0.1) is 0 Å². The van der Waals surface area contributed by atoms with E-state index in [0.29, 0.717) is 12.6 Å². The van der Waals surface area contributed by atoms with Crippen LogP contribution in [0.1, 0.15) is 25.3 Å². The molecule has 1 saturated heterocycles. The second-order valence-corrected chi connectivity index (χ2v) is 5.85. The average Bonchev–Trinajstić information content (AvgIpc) is 2.39. The summed E-state index contributed by atoms with van der Waals surface area (Å²) in [4.78, 5) is 13.4. The molecular formula is C14H20BrN3O. The molecule has 0 radical (unpaired) electrons. The van der Waals surface area contributed by atoms with E-state index in [0.717, 1.165) is 30.4 Å². The van der Waals surface area contributed by atoms with Crippen molar-refractivity contribution in [3.05, 3.63) is 28.2 Å². The van der Waals surface area contributed by atoms with Gasteiger partial charge in [0.2, 0.25) is 5.91 Å². The van der Waals surface area contributed by atoms with Crippen molar-refractivity contribution >= 4 is 27.5 Å². The van der Waals surface area contributed by atoms with Crippen LogP contribution < -0.4 is 16.0 Å². The van der Waals surface area contributed by atoms with Crippen LogP contribution in [-0.4, -0.2) is 25.0 Å². The SMILES string of the molecule is CC(=O)NC1CCN(c2cc(Br)ccc2CN)CC1. The van der Waals surface area contributed by atoms with E-state index in [9.17, 15) is 4.79 Å². The fraction of sp³-hybridized carbons (Fsp3) is 0.500. The molecule has 0 aliphatic carbocycles. The number of hydrogen-bond acceptors (Lipinski definition) is 3. The molecule has 5 heteroatoms. The van der Waals surface area contributed by atoms with Crippen molar-refractivity contribution in [1.29, 1.82) is 0 Å². The molecule has 104 valence electrons. The molecule has 1 aromatic rings. The largest absolute Gasteiger partial charge is 0.371 e. The number of piperidine rings is 1. The summed E-state index contributed by atoms with van der Waals surface area (Å²) in [6.45, 7) is 4.03. The van der Waals surface area contributed by atoms with E-state index in [4.69, 9.17) is 5.73 Å². The third-order valence-electron chi connectivity index (χ3n) is 3.51. The van der Waals surface area contributed by atoms with Gasteiger partial charge in [0, 0.05) is 42.8 Å². The summed E-state index contributed by atoms with van der Waals surface area (Å²) >= 11 is 3.51. The standard InChI is InChI=1S/C14H20BrN3O/c1-10(19)17-13-4-6-18(7-5-13)14-8-12(15)3-2-11(14)9-16/h2-3,8,13H,4-7,9,16H2,1H3,(H,17,19). The fourth-order valence-corrected chi connectivity index (χ4v) is 2.91. The van der Waals surface area contributed by atoms with Gasteiger partial charge in [0.25, 0.3) is 0 Å². The second kappa shape index (κ2) is 6.39. The van der Waals surface area contributed by atoms with E-state index in [-0.39, 0.29) is 5.91 Å². The Balaban J connectivity index is 2.05. The Morgan fingerprint density at radius 2 is 2.16 bits per heavy atom. The van der Waals surface area contributed by atoms with Crippen LogP contribution in [0, 0.1) is 0 Å². The van der Waals surface area contributed by atoms with E-state index in [1.54, 1.807) is 6.92 Å². The van der Waals surface area contributed by atoms with E-state index < -0.39 is 0 Å². The number of carbonyl (C=O) groups is 1. The van der Waals surface area contributed by atoms with Gasteiger partial charge in [-0.25, -0.2) is 0 Å². The quantitative estimate of drug-likeness (QED) is 0.893. The van der Waals surface area contributed by atoms with Gasteiger partial charge in [-0.05, 0) is 30.5 Å². The minimum Gasteiger partial charge on any atom is -0.371 e. The zero-order valence-electron chi connectivity index (χ0n) is 11.2. The summed E-state index contributed by atoms with van der Waals surface area (Å²) in [6.07, 6.45) is 1.96. The number of amides is 1. The molecule has 0 bridgehead atoms. The Morgan fingerprint density at radius 1 is 1.47 bits per heavy atom. The first-order chi connectivity index (χ1) is 9.10. The van der Waals surface area contributed by atoms with Crippen molar-refractivity contribution in [2.75, 3.05) is 18.0 Å². The van der Waals surface area contributed by atoms with Crippen LogP contribution in [0.2, 0.25) is 0 Å². The first-order valence-corrected chi connectivity index (χ1v) is 7.40. The molecule has 1 heterocycles. The molecule has 0 saturated carbocycles. The monoisotopic (exact) mass is 325 g/mol. The highest BCUT2D eigenvalue weighted by Crippen LogP contribution is 2.27. The Labute approximate surface area is 122 Å². The lowest BCUT2D eigenvalue weighted by atomic mass is 10.0. The number of benzene rings is 1. The van der Waals surface area contributed by atoms with E-state index in [2.05, 4.69) is 38.3 Å². The third kappa shape index (κ3) is 3.70. The van der Waals surface area contributed by atoms with Crippen LogP contribution in [0.5, 0.6) is 0 Å². The first kappa shape index (κ1) is 14.3. The highest BCUT2D eigenvalue weighted by atomic mass is 79.9. The number of nitrogens with two attached hydrogens (primary N) is 1. The Kier molecular flexibility index (Phi) is 4.82. The number of halogens is 1. The smallest absolute Gasteiger partial charge is 0.217 e. The number of hydrogen-bond donors (Lipinski definition) is 2. The van der Waals surface area contributed by atoms with Crippen LogP contribution in [0.3, 0.4) is 0 Å². The maximum Gasteiger partial charge on any atom is 0.217 e. The van der Waals surface area contributed by atoms with Crippen LogP contribution in [0.4, 0.5) is 5.69 Å². The molecule has 1 aromatic carbocycles. The fourth-order valence-electron chi connectivity index (χ4n) is 2.56. The maximum atomic E-state index is 11.1. The molecule has 0 atom stereocenters. The lowest BCUT2D eigenvalue weighted by Crippen LogP contribution is -2.44. The third-order valence-corrected chi connectivity index (χ3v) is 4.00. The van der Waals surface area contributed by atoms with Gasteiger partial charge in [0.1, 0.15) is 0 Å². The highest BCUT2D eigenvalue weighted by molar-refractivity contribution is 9.10. The van der Waals surface area contributed by atoms with Crippen molar-refractivity contribution < 1.29 is 4.79 Å². The molecule has 19 heavy (non-hydrogen) atoms. The average molecular weight is 326 g/mol. The predicted molar refractivity (Wildman–Crippen MR) is 81.1 cm³/mol. The Bertz CT molecular complexity index is 456. The zero-order valence-corrected chi connectivity index (χ0v) is 12.7. The van der Waals surface area contributed by atoms with Gasteiger partial charge in [0.15, 0.2) is 0 Å². The Hall–Kier alpha value is -1.07. The van der Waals surface area contributed by atoms with Crippen molar-refractivity contribution in [2.24, 2.45) is 5.73 Å². The summed E-state index contributed by atoms with van der Waals surface area (Å²) in [5, 5.41) is 2.99. The normalized spacial score (nSPS) is 16.5. The second-order valence-electron chi connectivity index (χ2n) is 4.94. The van der Waals surface area contributed by atoms with Crippen molar-refractivity contribution in [2.45, 2.75) is 32.4 Å². The number of nitrogens with one attached hydrogen (secondary N) is 1. The summed E-state index contributed by atoms with van der Waals surface area (Å²) in [7, 11) is 0. The summed E-state index contributed by atoms with van der Waals surface area (Å²) in [5.41, 5.74) is 8.18. The highest BCUT2D eigenvalue weighted by Gasteiger charge is 2.21. The minimum atomic E-state index is 0.0588. The van der Waals surface area contributed by atoms with E-state index in [1.807, 2.05) is 6.07 Å². The van der Waals surface area contributed by atoms with Gasteiger partial charge in [-0.15, -0.1) is 0 Å². The molecule has 1 fully saturated rings. The van der Waals surface area contributed by atoms with Crippen LogP contribution >= 0.6 is 15.9 Å². The summed E-state index contributed by atoms with van der Waals surface area (Å²) in [5.74, 6) is 0.0588. The molecule has 0 aromatic heterocycles. The van der Waals surface area contributed by atoms with Crippen molar-refractivity contribution in [3.63, 3.8) is 0 Å². The molecular weight excluding hydrogens is 306 g/mol. The van der Waals surface area contributed by atoms with Gasteiger partial charge >= 0.3 is 0 Å². The van der Waals surface area contributed by atoms with Gasteiger partial charge in [-0.2, -0.15) is 0 Å². The maximum absolute atomic E-state index is 11.1. The zero-order chi connectivity index (χ0) is 13.8. The van der Waals surface area contributed by atoms with Crippen molar-refractivity contribution in [1.82, 2.24) is 5.32 Å². The van der Waals surface area contributed by atoms with Gasteiger partial charge in [-0.3, -0.25) is 4.79 Å². The van der Waals surface area contributed by atoms with Crippen LogP contribution in [-0.2, 0) is 11.3 Å². The lowest BCUT2D eigenvalue weighted by molar-refractivity contribution is -0.119. The minimum absolute atomic E-state index is 0.0588. The molecule has 1 amide bonds. The molecule has 1 aliphatic heterocycles. The van der Waals surface area contributed by atoms with Gasteiger partial charge in [-0.1, -0.05) is 22.0 Å². The lowest BCUT2D eigenvalue weighted by Gasteiger charge is -2.35. The van der Waals surface area contributed by atoms with Crippen molar-refractivity contribution in [3.8, 4) is 0 Å². The Morgan fingerprint density at radius 3 is 2.74 bits per heavy atom. The first-order valence-electron chi connectivity index (χ1n) is 6.60. The number of anilines is 1. The van der Waals surface area contributed by atoms with E-state index in [1.165, 1.54) is 11.3 Å².